The van der Waals surface area contributed by atoms with E-state index < -0.39 is 0 Å². The largest absolute Gasteiger partial charge is 0.456 e. The molecule has 668 valence electrons. The highest BCUT2D eigenvalue weighted by molar-refractivity contribution is 6.23. The van der Waals surface area contributed by atoms with Gasteiger partial charge in [-0.1, -0.05) is 364 Å². The number of hydrogen-bond acceptors (Lipinski definition) is 7. The van der Waals surface area contributed by atoms with Gasteiger partial charge in [0.25, 0.3) is 0 Å². The zero-order valence-corrected chi connectivity index (χ0v) is 77.5. The van der Waals surface area contributed by atoms with Crippen molar-refractivity contribution >= 4 is 247 Å². The van der Waals surface area contributed by atoms with Crippen molar-refractivity contribution in [1.29, 1.82) is 0 Å². The SMILES string of the molecule is c1ccc(-c2ccccc2-c2cccc(N(c3ccc4ccc5c6ccccc6ccc5c4c3)c3ccc4oc5ccccc5c4c3)c2)cc1.c1ccc(N(c2ccc3ccc4c5ccccc5ccc4c3c2)c2ccc3oc4ccccc4c3c2)c(-c2ccc3ccccc3c2)c1.c1ccc2c(c1)ccc1c3cccc(N(c4ccc5c(c4)oc4ccccc45)c4ccc5c(c4)oc4ccccc45)c3ccc21. The Hall–Kier alpha value is -19.1. The molecule has 0 saturated heterocycles. The second-order valence-electron chi connectivity index (χ2n) is 37.2. The number of hydrogen-bond donors (Lipinski definition) is 0. The van der Waals surface area contributed by atoms with Crippen molar-refractivity contribution in [3.05, 3.63) is 516 Å². The molecule has 0 N–H and O–H groups in total. The quantitative estimate of drug-likeness (QED) is 0.113. The van der Waals surface area contributed by atoms with Gasteiger partial charge in [0, 0.05) is 106 Å². The number of rotatable bonds is 12. The first-order valence-corrected chi connectivity index (χ1v) is 48.8. The summed E-state index contributed by atoms with van der Waals surface area (Å²) in [5, 5.41) is 33.8. The van der Waals surface area contributed by atoms with Crippen LogP contribution in [0.25, 0.3) is 229 Å². The van der Waals surface area contributed by atoms with Gasteiger partial charge in [0.05, 0.1) is 11.4 Å². The van der Waals surface area contributed by atoms with Crippen LogP contribution < -0.4 is 14.7 Å². The molecule has 0 radical (unpaired) electrons. The van der Waals surface area contributed by atoms with Crippen LogP contribution in [0.2, 0.25) is 0 Å². The van der Waals surface area contributed by atoms with E-state index in [0.717, 1.165) is 139 Å². The van der Waals surface area contributed by atoms with Crippen molar-refractivity contribution in [2.24, 2.45) is 0 Å². The Bertz CT molecular complexity index is 10300. The van der Waals surface area contributed by atoms with Crippen LogP contribution in [-0.4, -0.2) is 0 Å². The third kappa shape index (κ3) is 14.2. The van der Waals surface area contributed by atoms with Crippen LogP contribution in [0.1, 0.15) is 0 Å². The van der Waals surface area contributed by atoms with E-state index in [9.17, 15) is 0 Å². The van der Waals surface area contributed by atoms with E-state index in [1.807, 2.05) is 48.5 Å². The molecular weight excluding hydrogens is 1740 g/mol. The molecule has 0 saturated carbocycles. The van der Waals surface area contributed by atoms with Crippen molar-refractivity contribution in [1.82, 2.24) is 0 Å². The highest BCUT2D eigenvalue weighted by Crippen LogP contribution is 2.51. The molecule has 7 heteroatoms. The molecule has 143 heavy (non-hydrogen) atoms. The minimum absolute atomic E-state index is 0.862. The van der Waals surface area contributed by atoms with Crippen LogP contribution in [0.3, 0.4) is 0 Å². The maximum atomic E-state index is 6.37. The fourth-order valence-corrected chi connectivity index (χ4v) is 22.3. The van der Waals surface area contributed by atoms with Crippen LogP contribution in [0, 0.1) is 0 Å². The van der Waals surface area contributed by atoms with E-state index in [2.05, 4.69) is 482 Å². The summed E-state index contributed by atoms with van der Waals surface area (Å²) >= 11 is 0. The average molecular weight is 1830 g/mol. The van der Waals surface area contributed by atoms with Gasteiger partial charge in [-0.2, -0.15) is 0 Å². The number of benzene rings is 26. The minimum atomic E-state index is 0.862. The number of anilines is 9. The minimum Gasteiger partial charge on any atom is -0.456 e. The van der Waals surface area contributed by atoms with Crippen molar-refractivity contribution in [3.63, 3.8) is 0 Å². The normalized spacial score (nSPS) is 11.8. The molecule has 26 aromatic carbocycles. The van der Waals surface area contributed by atoms with Crippen LogP contribution >= 0.6 is 0 Å². The van der Waals surface area contributed by atoms with Crippen LogP contribution in [0.4, 0.5) is 51.2 Å². The summed E-state index contributed by atoms with van der Waals surface area (Å²) in [6, 6.07) is 185. The van der Waals surface area contributed by atoms with Crippen molar-refractivity contribution < 1.29 is 17.7 Å². The molecule has 0 aliphatic carbocycles. The molecule has 30 rings (SSSR count). The molecule has 30 aromatic rings. The summed E-state index contributed by atoms with van der Waals surface area (Å²) in [5.74, 6) is 0. The first kappa shape index (κ1) is 82.2. The summed E-state index contributed by atoms with van der Waals surface area (Å²) in [5.41, 5.74) is 23.9. The molecule has 0 atom stereocenters. The number of fused-ring (bicyclic) bond motifs is 28. The lowest BCUT2D eigenvalue weighted by molar-refractivity contribution is 0.668. The van der Waals surface area contributed by atoms with E-state index in [1.54, 1.807) is 0 Å². The fourth-order valence-electron chi connectivity index (χ4n) is 22.3. The van der Waals surface area contributed by atoms with Gasteiger partial charge in [0.15, 0.2) is 0 Å². The molecule has 0 aliphatic heterocycles. The van der Waals surface area contributed by atoms with Crippen molar-refractivity contribution in [2.75, 3.05) is 14.7 Å². The molecule has 0 bridgehead atoms. The maximum absolute atomic E-state index is 6.37. The molecule has 0 aliphatic rings. The second-order valence-corrected chi connectivity index (χ2v) is 37.2. The summed E-state index contributed by atoms with van der Waals surface area (Å²) < 4.78 is 25.2. The molecule has 4 heterocycles. The van der Waals surface area contributed by atoms with Crippen molar-refractivity contribution in [3.8, 4) is 33.4 Å². The number of para-hydroxylation sites is 5. The lowest BCUT2D eigenvalue weighted by Crippen LogP contribution is -2.11. The molecule has 7 nitrogen and oxygen atoms in total. The van der Waals surface area contributed by atoms with Gasteiger partial charge in [-0.3, -0.25) is 0 Å². The lowest BCUT2D eigenvalue weighted by Gasteiger charge is -2.28. The summed E-state index contributed by atoms with van der Waals surface area (Å²) in [4.78, 5) is 7.12. The zero-order valence-electron chi connectivity index (χ0n) is 77.5. The van der Waals surface area contributed by atoms with Crippen LogP contribution in [-0.2, 0) is 0 Å². The average Bonchev–Trinajstić information content (AvgIpc) is 1.61. The first-order chi connectivity index (χ1) is 70.9. The zero-order chi connectivity index (χ0) is 94.1. The highest BCUT2D eigenvalue weighted by atomic mass is 16.3. The van der Waals surface area contributed by atoms with Gasteiger partial charge < -0.3 is 32.4 Å². The van der Waals surface area contributed by atoms with Gasteiger partial charge in [-0.25, -0.2) is 0 Å². The second kappa shape index (κ2) is 34.0. The van der Waals surface area contributed by atoms with E-state index in [-0.39, 0.29) is 0 Å². The van der Waals surface area contributed by atoms with Crippen LogP contribution in [0.15, 0.2) is 533 Å². The van der Waals surface area contributed by atoms with Gasteiger partial charge >= 0.3 is 0 Å². The Labute approximate surface area is 822 Å². The van der Waals surface area contributed by atoms with Gasteiger partial charge in [0.1, 0.15) is 44.7 Å². The van der Waals surface area contributed by atoms with Crippen LogP contribution in [0.5, 0.6) is 0 Å². The Morgan fingerprint density at radius 1 is 0.112 bits per heavy atom. The molecule has 0 unspecified atom stereocenters. The van der Waals surface area contributed by atoms with Gasteiger partial charge in [-0.05, 0) is 270 Å². The third-order valence-electron chi connectivity index (χ3n) is 29.1. The first-order valence-electron chi connectivity index (χ1n) is 48.8. The predicted octanol–water partition coefficient (Wildman–Crippen LogP) is 39.6. The molecular formula is C136H85N3O4. The Kier molecular flexibility index (Phi) is 19.5. The predicted molar refractivity (Wildman–Crippen MR) is 604 cm³/mol. The lowest BCUT2D eigenvalue weighted by atomic mass is 9.94. The summed E-state index contributed by atoms with van der Waals surface area (Å²) in [7, 11) is 0. The van der Waals surface area contributed by atoms with Gasteiger partial charge in [-0.15, -0.1) is 0 Å². The topological polar surface area (TPSA) is 62.3 Å². The molecule has 0 fully saturated rings. The maximum Gasteiger partial charge on any atom is 0.137 e. The number of furan rings is 4. The smallest absolute Gasteiger partial charge is 0.137 e. The molecule has 0 spiro atoms. The third-order valence-corrected chi connectivity index (χ3v) is 29.1. The fraction of sp³-hybridized carbons (Fsp3) is 0. The van der Waals surface area contributed by atoms with E-state index in [0.29, 0.717) is 0 Å². The van der Waals surface area contributed by atoms with E-state index >= 15 is 0 Å². The Morgan fingerprint density at radius 3 is 0.916 bits per heavy atom. The van der Waals surface area contributed by atoms with Crippen molar-refractivity contribution in [2.45, 2.75) is 0 Å². The Balaban J connectivity index is 0.000000105. The monoisotopic (exact) mass is 1820 g/mol. The molecule has 4 aromatic heterocycles. The molecule has 0 amide bonds. The van der Waals surface area contributed by atoms with E-state index in [1.165, 1.54) is 141 Å². The Morgan fingerprint density at radius 2 is 0.392 bits per heavy atom. The summed E-state index contributed by atoms with van der Waals surface area (Å²) in [6.07, 6.45) is 0. The van der Waals surface area contributed by atoms with Gasteiger partial charge in [0.2, 0.25) is 0 Å². The standard InChI is InChI=1S/C48H31NO.C46H29NO.C42H25NO2/c1-2-11-32(12-3-1)39-16-6-7-18-41(39)35-14-10-15-36(29-35)49(38-25-28-48-46(31-38)44-19-8-9-20-47(44)50-48)37-24-21-34-23-26-42-40-17-5-4-13-33(40)22-27-43(42)45(34)30-37;1-2-11-33-27-34(18-17-30(33)9-1)38-13-5-7-15-44(38)47(36-23-26-46-43(29-36)41-14-6-8-16-45(41)48-46)35-22-19-32-21-24-39-37-12-4-3-10-31(37)20-25-40(39)42(32)28-35;1-2-9-29-26(8-1)16-19-32-30-12-7-13-38(33(30)23-22-31(29)32)43(27-17-20-36-34-10-3-5-14-39(34)44-41(36)24-27)28-18-21-37-35-11-4-6-15-40(35)45-42(37)25-28/h1-31H;1-29H;1-25H. The highest BCUT2D eigenvalue weighted by Gasteiger charge is 2.26. The van der Waals surface area contributed by atoms with E-state index in [4.69, 9.17) is 17.7 Å². The number of nitrogens with zero attached hydrogens (tertiary/aromatic N) is 3. The summed E-state index contributed by atoms with van der Waals surface area (Å²) in [6.45, 7) is 0.